The number of para-hydroxylation sites is 2. The standard InChI is InChI=1S/C23H23N3O5/c1-14-18-10-6-7-11-19(18)25-21(14)23(31)26(17-8-4-3-5-9-17)15(2)22(30)24-16(13-27)12-20(28)29/h3-11,13,15-16,25H,12H2,1-2H3,(H,24,30)(H,28,29)/t15-,16-/m0/s1. The number of amides is 2. The number of nitrogens with zero attached hydrogens (tertiary/aromatic N) is 1. The number of rotatable bonds is 8. The Bertz CT molecular complexity index is 1120. The fraction of sp³-hybridized carbons (Fsp3) is 0.217. The molecule has 0 spiro atoms. The Kier molecular flexibility index (Phi) is 6.49. The average Bonchev–Trinajstić information content (AvgIpc) is 3.10. The zero-order chi connectivity index (χ0) is 22.5. The first kappa shape index (κ1) is 21.8. The lowest BCUT2D eigenvalue weighted by molar-refractivity contribution is -0.138. The van der Waals surface area contributed by atoms with Crippen LogP contribution in [0, 0.1) is 6.92 Å². The van der Waals surface area contributed by atoms with E-state index in [1.165, 1.54) is 11.8 Å². The molecule has 2 aromatic carbocycles. The highest BCUT2D eigenvalue weighted by atomic mass is 16.4. The molecule has 2 atom stereocenters. The summed E-state index contributed by atoms with van der Waals surface area (Å²) >= 11 is 0. The first-order valence-electron chi connectivity index (χ1n) is 9.76. The maximum Gasteiger partial charge on any atom is 0.305 e. The lowest BCUT2D eigenvalue weighted by Gasteiger charge is -2.29. The van der Waals surface area contributed by atoms with Gasteiger partial charge in [0.15, 0.2) is 0 Å². The van der Waals surface area contributed by atoms with Gasteiger partial charge in [-0.15, -0.1) is 0 Å². The Hall–Kier alpha value is -3.94. The van der Waals surface area contributed by atoms with E-state index in [1.54, 1.807) is 30.3 Å². The normalized spacial score (nSPS) is 12.7. The van der Waals surface area contributed by atoms with E-state index in [4.69, 9.17) is 5.11 Å². The molecule has 0 bridgehead atoms. The van der Waals surface area contributed by atoms with E-state index in [0.29, 0.717) is 17.7 Å². The Balaban J connectivity index is 1.97. The van der Waals surface area contributed by atoms with Crippen LogP contribution in [0.25, 0.3) is 10.9 Å². The fourth-order valence-electron chi connectivity index (χ4n) is 3.46. The number of carboxylic acids is 1. The van der Waals surface area contributed by atoms with Gasteiger partial charge in [0.25, 0.3) is 5.91 Å². The second-order valence-corrected chi connectivity index (χ2v) is 7.21. The number of carbonyl (C=O) groups is 4. The molecule has 0 aliphatic heterocycles. The van der Waals surface area contributed by atoms with Gasteiger partial charge < -0.3 is 20.2 Å². The molecule has 3 aromatic rings. The van der Waals surface area contributed by atoms with Gasteiger partial charge in [0, 0.05) is 16.6 Å². The number of nitrogens with one attached hydrogen (secondary N) is 2. The Morgan fingerprint density at radius 1 is 1.10 bits per heavy atom. The third kappa shape index (κ3) is 4.63. The zero-order valence-corrected chi connectivity index (χ0v) is 17.2. The second-order valence-electron chi connectivity index (χ2n) is 7.21. The monoisotopic (exact) mass is 421 g/mol. The summed E-state index contributed by atoms with van der Waals surface area (Å²) in [6.45, 7) is 3.36. The summed E-state index contributed by atoms with van der Waals surface area (Å²) in [5.41, 5.74) is 2.40. The molecule has 31 heavy (non-hydrogen) atoms. The molecule has 8 heteroatoms. The minimum Gasteiger partial charge on any atom is -0.481 e. The lowest BCUT2D eigenvalue weighted by atomic mass is 10.1. The molecule has 3 N–H and O–H groups in total. The van der Waals surface area contributed by atoms with Crippen LogP contribution >= 0.6 is 0 Å². The number of H-pyrrole nitrogens is 1. The summed E-state index contributed by atoms with van der Waals surface area (Å²) in [6, 6.07) is 14.0. The zero-order valence-electron chi connectivity index (χ0n) is 17.2. The van der Waals surface area contributed by atoms with Gasteiger partial charge in [-0.3, -0.25) is 19.3 Å². The molecule has 0 aliphatic carbocycles. The number of anilines is 1. The van der Waals surface area contributed by atoms with E-state index in [0.717, 1.165) is 16.5 Å². The molecule has 0 saturated carbocycles. The van der Waals surface area contributed by atoms with E-state index >= 15 is 0 Å². The number of aromatic amines is 1. The number of aromatic nitrogens is 1. The van der Waals surface area contributed by atoms with Gasteiger partial charge in [0.2, 0.25) is 5.91 Å². The summed E-state index contributed by atoms with van der Waals surface area (Å²) in [5, 5.41) is 12.2. The molecule has 0 saturated heterocycles. The van der Waals surface area contributed by atoms with Crippen molar-refractivity contribution in [2.45, 2.75) is 32.4 Å². The van der Waals surface area contributed by atoms with Gasteiger partial charge >= 0.3 is 5.97 Å². The average molecular weight is 421 g/mol. The number of hydrogen-bond donors (Lipinski definition) is 3. The van der Waals surface area contributed by atoms with Crippen LogP contribution in [0.4, 0.5) is 5.69 Å². The van der Waals surface area contributed by atoms with Crippen molar-refractivity contribution in [3.8, 4) is 0 Å². The van der Waals surface area contributed by atoms with Crippen molar-refractivity contribution >= 4 is 40.7 Å². The maximum absolute atomic E-state index is 13.6. The molecule has 8 nitrogen and oxygen atoms in total. The highest BCUT2D eigenvalue weighted by Gasteiger charge is 2.31. The molecule has 1 aromatic heterocycles. The number of benzene rings is 2. The summed E-state index contributed by atoms with van der Waals surface area (Å²) in [7, 11) is 0. The van der Waals surface area contributed by atoms with Crippen molar-refractivity contribution < 1.29 is 24.3 Å². The van der Waals surface area contributed by atoms with Gasteiger partial charge in [-0.1, -0.05) is 36.4 Å². The van der Waals surface area contributed by atoms with Crippen molar-refractivity contribution in [3.05, 3.63) is 65.9 Å². The third-order valence-corrected chi connectivity index (χ3v) is 5.09. The lowest BCUT2D eigenvalue weighted by Crippen LogP contribution is -2.51. The van der Waals surface area contributed by atoms with Crippen LogP contribution in [0.5, 0.6) is 0 Å². The summed E-state index contributed by atoms with van der Waals surface area (Å²) in [5.74, 6) is -2.26. The van der Waals surface area contributed by atoms with Gasteiger partial charge in [-0.05, 0) is 37.6 Å². The quantitative estimate of drug-likeness (QED) is 0.483. The van der Waals surface area contributed by atoms with Crippen LogP contribution in [0.15, 0.2) is 54.6 Å². The smallest absolute Gasteiger partial charge is 0.305 e. The number of fused-ring (bicyclic) bond motifs is 1. The molecule has 160 valence electrons. The molecule has 0 radical (unpaired) electrons. The van der Waals surface area contributed by atoms with Crippen LogP contribution in [0.2, 0.25) is 0 Å². The van der Waals surface area contributed by atoms with Crippen LogP contribution in [0.1, 0.15) is 29.4 Å². The molecule has 1 heterocycles. The minimum absolute atomic E-state index is 0.349. The van der Waals surface area contributed by atoms with E-state index in [-0.39, 0.29) is 0 Å². The van der Waals surface area contributed by atoms with Gasteiger partial charge in [0.05, 0.1) is 12.5 Å². The largest absolute Gasteiger partial charge is 0.481 e. The SMILES string of the molecule is Cc1c(C(=O)N(c2ccccc2)[C@@H](C)C(=O)N[C@H](C=O)CC(=O)O)[nH]c2ccccc12. The number of aliphatic carboxylic acids is 1. The number of carbonyl (C=O) groups excluding carboxylic acids is 3. The number of hydrogen-bond acceptors (Lipinski definition) is 4. The maximum atomic E-state index is 13.6. The van der Waals surface area contributed by atoms with Crippen molar-refractivity contribution in [3.63, 3.8) is 0 Å². The molecule has 2 amide bonds. The number of carboxylic acid groups (broad SMARTS) is 1. The summed E-state index contributed by atoms with van der Waals surface area (Å²) in [4.78, 5) is 52.9. The predicted molar refractivity (Wildman–Crippen MR) is 116 cm³/mol. The Morgan fingerprint density at radius 2 is 1.74 bits per heavy atom. The van der Waals surface area contributed by atoms with Crippen LogP contribution in [0.3, 0.4) is 0 Å². The Morgan fingerprint density at radius 3 is 2.35 bits per heavy atom. The van der Waals surface area contributed by atoms with Crippen LogP contribution in [-0.4, -0.2) is 46.2 Å². The summed E-state index contributed by atoms with van der Waals surface area (Å²) < 4.78 is 0. The van der Waals surface area contributed by atoms with Crippen molar-refractivity contribution in [1.29, 1.82) is 0 Å². The van der Waals surface area contributed by atoms with E-state index in [2.05, 4.69) is 10.3 Å². The van der Waals surface area contributed by atoms with E-state index in [9.17, 15) is 19.2 Å². The third-order valence-electron chi connectivity index (χ3n) is 5.09. The van der Waals surface area contributed by atoms with Crippen molar-refractivity contribution in [2.75, 3.05) is 4.90 Å². The van der Waals surface area contributed by atoms with Crippen molar-refractivity contribution in [2.24, 2.45) is 0 Å². The first-order valence-corrected chi connectivity index (χ1v) is 9.76. The molecular formula is C23H23N3O5. The number of aryl methyl sites for hydroxylation is 1. The second kappa shape index (κ2) is 9.25. The molecule has 0 unspecified atom stereocenters. The van der Waals surface area contributed by atoms with Crippen LogP contribution in [-0.2, 0) is 14.4 Å². The first-order chi connectivity index (χ1) is 14.8. The molecule has 0 fully saturated rings. The number of aldehydes is 1. The highest BCUT2D eigenvalue weighted by Crippen LogP contribution is 2.26. The molecule has 0 aliphatic rings. The topological polar surface area (TPSA) is 120 Å². The van der Waals surface area contributed by atoms with Crippen LogP contribution < -0.4 is 10.2 Å². The Labute approximate surface area is 178 Å². The molecular weight excluding hydrogens is 398 g/mol. The summed E-state index contributed by atoms with van der Waals surface area (Å²) in [6.07, 6.45) is -0.169. The fourth-order valence-corrected chi connectivity index (χ4v) is 3.46. The van der Waals surface area contributed by atoms with E-state index in [1.807, 2.05) is 31.2 Å². The van der Waals surface area contributed by atoms with Gasteiger partial charge in [0.1, 0.15) is 18.0 Å². The van der Waals surface area contributed by atoms with Crippen molar-refractivity contribution in [1.82, 2.24) is 10.3 Å². The predicted octanol–water partition coefficient (Wildman–Crippen LogP) is 2.67. The minimum atomic E-state index is -1.21. The molecule has 3 rings (SSSR count). The van der Waals surface area contributed by atoms with Gasteiger partial charge in [-0.25, -0.2) is 0 Å². The van der Waals surface area contributed by atoms with E-state index < -0.39 is 36.3 Å². The van der Waals surface area contributed by atoms with Gasteiger partial charge in [-0.2, -0.15) is 0 Å². The highest BCUT2D eigenvalue weighted by molar-refractivity contribution is 6.12.